The Kier molecular flexibility index (Phi) is 8.16. The van der Waals surface area contributed by atoms with E-state index in [2.05, 4.69) is 203 Å². The number of hydrogen-bond acceptors (Lipinski definition) is 2. The second-order valence-electron chi connectivity index (χ2n) is 14.0. The third-order valence-corrected chi connectivity index (χ3v) is 10.5. The highest BCUT2D eigenvalue weighted by atomic mass is 15.0. The van der Waals surface area contributed by atoms with E-state index in [-0.39, 0.29) is 0 Å². The highest BCUT2D eigenvalue weighted by Gasteiger charge is 2.17. The van der Waals surface area contributed by atoms with Crippen LogP contribution in [0, 0.1) is 0 Å². The summed E-state index contributed by atoms with van der Waals surface area (Å²) in [6.45, 7) is 0. The van der Waals surface area contributed by atoms with Crippen molar-refractivity contribution in [2.45, 2.75) is 0 Å². The molecule has 0 fully saturated rings. The fraction of sp³-hybridized carbons (Fsp3) is 0. The lowest BCUT2D eigenvalue weighted by Gasteiger charge is -2.17. The maximum absolute atomic E-state index is 4.51. The van der Waals surface area contributed by atoms with Gasteiger partial charge in [0.15, 0.2) is 0 Å². The summed E-state index contributed by atoms with van der Waals surface area (Å²) in [4.78, 5) is 9.03. The van der Waals surface area contributed by atoms with Crippen LogP contribution in [0.15, 0.2) is 213 Å². The first kappa shape index (κ1) is 32.3. The van der Waals surface area contributed by atoms with Crippen molar-refractivity contribution < 1.29 is 0 Å². The zero-order valence-corrected chi connectivity index (χ0v) is 30.0. The summed E-state index contributed by atoms with van der Waals surface area (Å²) in [5.41, 5.74) is 17.3. The standard InChI is InChI=1S/C52H35N3/c1-5-13-36(14-6-1)40-25-41(37-15-7-2-8-16-37)28-44(27-40)46-31-47(33-48(32-46)55-51-21-23-53-34-49(51)50-35-54-24-22-52(50)55)45-29-42(38-17-9-3-10-18-38)26-43(30-45)39-19-11-4-12-20-39/h1-35H. The van der Waals surface area contributed by atoms with Crippen molar-refractivity contribution in [3.63, 3.8) is 0 Å². The second-order valence-corrected chi connectivity index (χ2v) is 14.0. The van der Waals surface area contributed by atoms with Crippen LogP contribution in [0.1, 0.15) is 0 Å². The minimum Gasteiger partial charge on any atom is -0.309 e. The van der Waals surface area contributed by atoms with Gasteiger partial charge in [-0.3, -0.25) is 9.97 Å². The predicted octanol–water partition coefficient (Wildman–Crippen LogP) is 13.6. The summed E-state index contributed by atoms with van der Waals surface area (Å²) in [7, 11) is 0. The van der Waals surface area contributed by atoms with Gasteiger partial charge in [-0.25, -0.2) is 0 Å². The van der Waals surface area contributed by atoms with Crippen molar-refractivity contribution in [2.75, 3.05) is 0 Å². The Bertz CT molecular complexity index is 2640. The van der Waals surface area contributed by atoms with Gasteiger partial charge in [0, 0.05) is 41.2 Å². The molecular weight excluding hydrogens is 667 g/mol. The number of rotatable bonds is 7. The average Bonchev–Trinajstić information content (AvgIpc) is 3.61. The van der Waals surface area contributed by atoms with Gasteiger partial charge in [-0.1, -0.05) is 121 Å². The largest absolute Gasteiger partial charge is 0.309 e. The lowest BCUT2D eigenvalue weighted by atomic mass is 9.90. The molecule has 55 heavy (non-hydrogen) atoms. The summed E-state index contributed by atoms with van der Waals surface area (Å²) in [5, 5.41) is 2.15. The third-order valence-electron chi connectivity index (χ3n) is 10.5. The Morgan fingerprint density at radius 2 is 0.545 bits per heavy atom. The fourth-order valence-electron chi connectivity index (χ4n) is 7.84. The summed E-state index contributed by atoms with van der Waals surface area (Å²) in [6, 6.07) is 67.9. The molecule has 0 atom stereocenters. The Morgan fingerprint density at radius 3 is 0.855 bits per heavy atom. The van der Waals surface area contributed by atoms with Crippen LogP contribution in [0.4, 0.5) is 0 Å². The molecule has 0 aliphatic heterocycles. The number of fused-ring (bicyclic) bond motifs is 3. The van der Waals surface area contributed by atoms with Crippen molar-refractivity contribution in [1.29, 1.82) is 0 Å². The number of benzene rings is 7. The van der Waals surface area contributed by atoms with E-state index in [4.69, 9.17) is 0 Å². The predicted molar refractivity (Wildman–Crippen MR) is 229 cm³/mol. The molecule has 3 heteroatoms. The molecule has 3 nitrogen and oxygen atoms in total. The normalized spacial score (nSPS) is 11.3. The van der Waals surface area contributed by atoms with Crippen LogP contribution in [0.3, 0.4) is 0 Å². The van der Waals surface area contributed by atoms with Gasteiger partial charge in [-0.05, 0) is 133 Å². The van der Waals surface area contributed by atoms with Crippen molar-refractivity contribution in [3.05, 3.63) is 213 Å². The molecule has 0 aliphatic carbocycles. The van der Waals surface area contributed by atoms with Crippen molar-refractivity contribution in [1.82, 2.24) is 14.5 Å². The summed E-state index contributed by atoms with van der Waals surface area (Å²) in [6.07, 6.45) is 7.65. The number of pyridine rings is 2. The van der Waals surface area contributed by atoms with Crippen LogP contribution >= 0.6 is 0 Å². The molecule has 258 valence electrons. The molecule has 0 radical (unpaired) electrons. The molecule has 0 spiro atoms. The molecule has 0 saturated heterocycles. The van der Waals surface area contributed by atoms with Gasteiger partial charge >= 0.3 is 0 Å². The zero-order chi connectivity index (χ0) is 36.6. The molecule has 0 aliphatic rings. The Balaban J connectivity index is 1.27. The van der Waals surface area contributed by atoms with E-state index < -0.39 is 0 Å². The topological polar surface area (TPSA) is 30.7 Å². The fourth-order valence-corrected chi connectivity index (χ4v) is 7.84. The third kappa shape index (κ3) is 6.18. The van der Waals surface area contributed by atoms with Crippen LogP contribution < -0.4 is 0 Å². The number of nitrogens with zero attached hydrogens (tertiary/aromatic N) is 3. The van der Waals surface area contributed by atoms with Crippen LogP contribution in [-0.2, 0) is 0 Å². The van der Waals surface area contributed by atoms with Crippen molar-refractivity contribution in [3.8, 4) is 72.4 Å². The van der Waals surface area contributed by atoms with Crippen LogP contribution in [0.2, 0.25) is 0 Å². The first-order valence-corrected chi connectivity index (χ1v) is 18.6. The van der Waals surface area contributed by atoms with Gasteiger partial charge in [0.25, 0.3) is 0 Å². The molecule has 0 amide bonds. The second kappa shape index (κ2) is 13.9. The Morgan fingerprint density at radius 1 is 0.273 bits per heavy atom. The van der Waals surface area contributed by atoms with E-state index in [0.717, 1.165) is 49.7 Å². The van der Waals surface area contributed by atoms with E-state index in [1.54, 1.807) is 0 Å². The van der Waals surface area contributed by atoms with Gasteiger partial charge in [0.05, 0.1) is 11.0 Å². The Labute approximate surface area is 320 Å². The first-order valence-electron chi connectivity index (χ1n) is 18.6. The van der Waals surface area contributed by atoms with E-state index in [1.807, 2.05) is 24.8 Å². The van der Waals surface area contributed by atoms with Crippen molar-refractivity contribution >= 4 is 21.8 Å². The van der Waals surface area contributed by atoms with Crippen LogP contribution in [0.25, 0.3) is 94.3 Å². The molecule has 7 aromatic carbocycles. The van der Waals surface area contributed by atoms with Crippen molar-refractivity contribution in [2.24, 2.45) is 0 Å². The molecule has 3 aromatic heterocycles. The first-order chi connectivity index (χ1) is 27.2. The maximum atomic E-state index is 4.51. The quantitative estimate of drug-likeness (QED) is 0.166. The van der Waals surface area contributed by atoms with Crippen LogP contribution in [0.5, 0.6) is 0 Å². The summed E-state index contributed by atoms with van der Waals surface area (Å²) < 4.78 is 2.36. The zero-order valence-electron chi connectivity index (χ0n) is 30.0. The van der Waals surface area contributed by atoms with E-state index in [0.29, 0.717) is 0 Å². The van der Waals surface area contributed by atoms with E-state index in [1.165, 1.54) is 44.5 Å². The van der Waals surface area contributed by atoms with E-state index >= 15 is 0 Å². The molecule has 10 aromatic rings. The highest BCUT2D eigenvalue weighted by molar-refractivity contribution is 6.08. The minimum absolute atomic E-state index is 1.07. The number of hydrogen-bond donors (Lipinski definition) is 0. The number of aromatic nitrogens is 3. The molecule has 3 heterocycles. The minimum atomic E-state index is 1.07. The molecule has 0 bridgehead atoms. The smallest absolute Gasteiger partial charge is 0.0572 e. The molecule has 0 unspecified atom stereocenters. The van der Waals surface area contributed by atoms with E-state index in [9.17, 15) is 0 Å². The summed E-state index contributed by atoms with van der Waals surface area (Å²) >= 11 is 0. The average molecular weight is 702 g/mol. The molecular formula is C52H35N3. The Hall–Kier alpha value is -7.36. The lowest BCUT2D eigenvalue weighted by Crippen LogP contribution is -1.97. The molecule has 0 saturated carbocycles. The highest BCUT2D eigenvalue weighted by Crippen LogP contribution is 2.40. The van der Waals surface area contributed by atoms with Gasteiger partial charge in [0.1, 0.15) is 0 Å². The molecule has 0 N–H and O–H groups in total. The monoisotopic (exact) mass is 701 g/mol. The van der Waals surface area contributed by atoms with Gasteiger partial charge < -0.3 is 4.57 Å². The van der Waals surface area contributed by atoms with Crippen LogP contribution in [-0.4, -0.2) is 14.5 Å². The maximum Gasteiger partial charge on any atom is 0.0572 e. The molecule has 10 rings (SSSR count). The van der Waals surface area contributed by atoms with Gasteiger partial charge in [0.2, 0.25) is 0 Å². The van der Waals surface area contributed by atoms with Gasteiger partial charge in [-0.15, -0.1) is 0 Å². The lowest BCUT2D eigenvalue weighted by molar-refractivity contribution is 1.17. The van der Waals surface area contributed by atoms with Gasteiger partial charge in [-0.2, -0.15) is 0 Å². The summed E-state index contributed by atoms with van der Waals surface area (Å²) in [5.74, 6) is 0. The SMILES string of the molecule is c1ccc(-c2cc(-c3ccccc3)cc(-c3cc(-c4cc(-c5ccccc5)cc(-c5ccccc5)c4)cc(-n4c5ccncc5c5cnccc54)c3)c2)cc1.